The number of likely N-dealkylation sites (tertiary alicyclic amines) is 1. The third kappa shape index (κ3) is 4.52. The van der Waals surface area contributed by atoms with Gasteiger partial charge in [0.15, 0.2) is 0 Å². The van der Waals surface area contributed by atoms with Crippen molar-refractivity contribution >= 4 is 17.3 Å². The van der Waals surface area contributed by atoms with Gasteiger partial charge in [0.05, 0.1) is 4.92 Å². The number of carbonyl (C=O) groups excluding carboxylic acids is 1. The van der Waals surface area contributed by atoms with Gasteiger partial charge in [0.1, 0.15) is 0 Å². The maximum atomic E-state index is 12.2. The lowest BCUT2D eigenvalue weighted by atomic mass is 9.79. The molecule has 7 nitrogen and oxygen atoms in total. The van der Waals surface area contributed by atoms with Crippen LogP contribution < -0.4 is 11.1 Å². The van der Waals surface area contributed by atoms with Gasteiger partial charge in [-0.15, -0.1) is 0 Å². The minimum atomic E-state index is -0.443. The van der Waals surface area contributed by atoms with Crippen molar-refractivity contribution < 1.29 is 9.72 Å². The molecule has 0 bridgehead atoms. The van der Waals surface area contributed by atoms with E-state index in [1.54, 1.807) is 13.0 Å². The molecule has 24 heavy (non-hydrogen) atoms. The molecule has 0 saturated carbocycles. The summed E-state index contributed by atoms with van der Waals surface area (Å²) in [6.45, 7) is 8.55. The number of nitro groups is 1. The summed E-state index contributed by atoms with van der Waals surface area (Å²) in [5.74, 6) is -0.0837. The fourth-order valence-electron chi connectivity index (χ4n) is 3.05. The number of nitrogens with two attached hydrogens (primary N) is 1. The molecule has 1 heterocycles. The molecular formula is C17H26N4O3. The van der Waals surface area contributed by atoms with Crippen molar-refractivity contribution in [2.24, 2.45) is 11.1 Å². The molecule has 1 aliphatic rings. The maximum absolute atomic E-state index is 12.2. The van der Waals surface area contributed by atoms with Crippen molar-refractivity contribution in [3.05, 3.63) is 33.9 Å². The van der Waals surface area contributed by atoms with Crippen LogP contribution in [0.25, 0.3) is 0 Å². The lowest BCUT2D eigenvalue weighted by Gasteiger charge is -2.42. The second kappa shape index (κ2) is 7.27. The van der Waals surface area contributed by atoms with Crippen molar-refractivity contribution in [3.63, 3.8) is 0 Å². The van der Waals surface area contributed by atoms with E-state index in [-0.39, 0.29) is 23.1 Å². The summed E-state index contributed by atoms with van der Waals surface area (Å²) in [5.41, 5.74) is 7.51. The van der Waals surface area contributed by atoms with Gasteiger partial charge >= 0.3 is 0 Å². The first-order chi connectivity index (χ1) is 11.2. The first-order valence-electron chi connectivity index (χ1n) is 8.22. The fourth-order valence-corrected chi connectivity index (χ4v) is 3.05. The topological polar surface area (TPSA) is 102 Å². The second-order valence-electron chi connectivity index (χ2n) is 7.21. The number of nitrogens with zero attached hydrogens (tertiary/aromatic N) is 2. The number of piperidine rings is 1. The van der Waals surface area contributed by atoms with Crippen LogP contribution in [-0.2, 0) is 4.79 Å². The summed E-state index contributed by atoms with van der Waals surface area (Å²) in [7, 11) is 0. The van der Waals surface area contributed by atoms with Crippen LogP contribution in [0.3, 0.4) is 0 Å². The smallest absolute Gasteiger partial charge is 0.269 e. The van der Waals surface area contributed by atoms with Crippen LogP contribution in [-0.4, -0.2) is 41.4 Å². The minimum absolute atomic E-state index is 0.0254. The quantitative estimate of drug-likeness (QED) is 0.635. The Labute approximate surface area is 142 Å². The highest BCUT2D eigenvalue weighted by Crippen LogP contribution is 2.27. The fraction of sp³-hybridized carbons (Fsp3) is 0.588. The molecule has 1 aromatic carbocycles. The van der Waals surface area contributed by atoms with Gasteiger partial charge < -0.3 is 16.0 Å². The zero-order valence-electron chi connectivity index (χ0n) is 14.5. The molecule has 1 unspecified atom stereocenters. The number of benzene rings is 1. The van der Waals surface area contributed by atoms with Crippen molar-refractivity contribution in [2.75, 3.05) is 25.0 Å². The zero-order valence-corrected chi connectivity index (χ0v) is 14.5. The lowest BCUT2D eigenvalue weighted by molar-refractivity contribution is -0.384. The van der Waals surface area contributed by atoms with E-state index in [2.05, 4.69) is 24.1 Å². The molecule has 1 saturated heterocycles. The Morgan fingerprint density at radius 3 is 2.79 bits per heavy atom. The highest BCUT2D eigenvalue weighted by Gasteiger charge is 2.33. The van der Waals surface area contributed by atoms with Gasteiger partial charge in [-0.05, 0) is 36.9 Å². The second-order valence-corrected chi connectivity index (χ2v) is 7.21. The third-order valence-corrected chi connectivity index (χ3v) is 4.74. The third-order valence-electron chi connectivity index (χ3n) is 4.74. The van der Waals surface area contributed by atoms with Gasteiger partial charge in [-0.25, -0.2) is 0 Å². The predicted molar refractivity (Wildman–Crippen MR) is 93.9 cm³/mol. The van der Waals surface area contributed by atoms with Crippen LogP contribution in [0.4, 0.5) is 11.4 Å². The Bertz CT molecular complexity index is 630. The molecule has 1 amide bonds. The summed E-state index contributed by atoms with van der Waals surface area (Å²) >= 11 is 0. The van der Waals surface area contributed by atoms with Gasteiger partial charge in [-0.3, -0.25) is 14.9 Å². The van der Waals surface area contributed by atoms with Crippen molar-refractivity contribution in [3.8, 4) is 0 Å². The normalized spacial score (nSPS) is 20.6. The highest BCUT2D eigenvalue weighted by molar-refractivity contribution is 5.91. The number of amides is 1. The number of aryl methyl sites for hydroxylation is 1. The number of hydrogen-bond donors (Lipinski definition) is 2. The van der Waals surface area contributed by atoms with Crippen molar-refractivity contribution in [1.82, 2.24) is 4.90 Å². The molecule has 1 aromatic rings. The Morgan fingerprint density at radius 2 is 2.21 bits per heavy atom. The molecule has 2 rings (SSSR count). The first-order valence-corrected chi connectivity index (χ1v) is 8.22. The molecule has 0 spiro atoms. The summed E-state index contributed by atoms with van der Waals surface area (Å²) in [6, 6.07) is 4.64. The van der Waals surface area contributed by atoms with E-state index in [0.29, 0.717) is 24.2 Å². The van der Waals surface area contributed by atoms with Crippen molar-refractivity contribution in [1.29, 1.82) is 0 Å². The van der Waals surface area contributed by atoms with E-state index in [9.17, 15) is 14.9 Å². The van der Waals surface area contributed by atoms with E-state index in [1.165, 1.54) is 12.1 Å². The SMILES string of the molecule is Cc1cc([N+](=O)[O-])ccc1NC(=O)CCN1CCC(N)C(C)(C)C1. The van der Waals surface area contributed by atoms with E-state index >= 15 is 0 Å². The van der Waals surface area contributed by atoms with E-state index < -0.39 is 4.92 Å². The summed E-state index contributed by atoms with van der Waals surface area (Å²) in [5, 5.41) is 13.6. The van der Waals surface area contributed by atoms with Gasteiger partial charge in [0.25, 0.3) is 5.69 Å². The van der Waals surface area contributed by atoms with E-state index in [0.717, 1.165) is 19.5 Å². The molecule has 0 aliphatic carbocycles. The van der Waals surface area contributed by atoms with E-state index in [4.69, 9.17) is 5.73 Å². The van der Waals surface area contributed by atoms with Crippen LogP contribution in [0.15, 0.2) is 18.2 Å². The summed E-state index contributed by atoms with van der Waals surface area (Å²) in [4.78, 5) is 24.7. The molecule has 3 N–H and O–H groups in total. The number of anilines is 1. The number of nitrogens with one attached hydrogen (secondary N) is 1. The summed E-state index contributed by atoms with van der Waals surface area (Å²) in [6.07, 6.45) is 1.33. The standard InChI is InChI=1S/C17H26N4O3/c1-12-10-13(21(23)24)4-5-14(12)19-16(22)7-9-20-8-6-15(18)17(2,3)11-20/h4-5,10,15H,6-9,11,18H2,1-3H3,(H,19,22). The number of rotatable bonds is 5. The minimum Gasteiger partial charge on any atom is -0.327 e. The Morgan fingerprint density at radius 1 is 1.50 bits per heavy atom. The van der Waals surface area contributed by atoms with E-state index in [1.807, 2.05) is 0 Å². The predicted octanol–water partition coefficient (Wildman–Crippen LogP) is 2.29. The van der Waals surface area contributed by atoms with Crippen molar-refractivity contribution in [2.45, 2.75) is 39.7 Å². The zero-order chi connectivity index (χ0) is 17.9. The molecular weight excluding hydrogens is 308 g/mol. The number of non-ortho nitro benzene ring substituents is 1. The highest BCUT2D eigenvalue weighted by atomic mass is 16.6. The summed E-state index contributed by atoms with van der Waals surface area (Å²) < 4.78 is 0. The first kappa shape index (κ1) is 18.4. The van der Waals surface area contributed by atoms with Crippen LogP contribution in [0.5, 0.6) is 0 Å². The molecule has 0 radical (unpaired) electrons. The lowest BCUT2D eigenvalue weighted by Crippen LogP contribution is -2.52. The number of nitro benzene ring substituents is 1. The van der Waals surface area contributed by atoms with Crippen LogP contribution in [0.2, 0.25) is 0 Å². The average molecular weight is 334 g/mol. The van der Waals surface area contributed by atoms with Gasteiger partial charge in [-0.2, -0.15) is 0 Å². The molecule has 7 heteroatoms. The molecule has 132 valence electrons. The van der Waals surface area contributed by atoms with Gasteiger partial charge in [0, 0.05) is 43.4 Å². The number of hydrogen-bond acceptors (Lipinski definition) is 5. The Balaban J connectivity index is 1.87. The molecule has 1 fully saturated rings. The van der Waals surface area contributed by atoms with Gasteiger partial charge in [-0.1, -0.05) is 13.8 Å². The van der Waals surface area contributed by atoms with Crippen LogP contribution in [0, 0.1) is 22.5 Å². The Kier molecular flexibility index (Phi) is 5.56. The molecule has 1 atom stereocenters. The average Bonchev–Trinajstić information content (AvgIpc) is 2.50. The molecule has 0 aromatic heterocycles. The monoisotopic (exact) mass is 334 g/mol. The van der Waals surface area contributed by atoms with Crippen LogP contribution in [0.1, 0.15) is 32.3 Å². The van der Waals surface area contributed by atoms with Gasteiger partial charge in [0.2, 0.25) is 5.91 Å². The largest absolute Gasteiger partial charge is 0.327 e. The maximum Gasteiger partial charge on any atom is 0.269 e. The number of carbonyl (C=O) groups is 1. The van der Waals surface area contributed by atoms with Crippen LogP contribution >= 0.6 is 0 Å². The Hall–Kier alpha value is -1.99. The molecule has 1 aliphatic heterocycles.